The van der Waals surface area contributed by atoms with Gasteiger partial charge in [-0.15, -0.1) is 0 Å². The number of benzene rings is 2. The van der Waals surface area contributed by atoms with E-state index >= 15 is 0 Å². The van der Waals surface area contributed by atoms with Crippen LogP contribution in [0.3, 0.4) is 0 Å². The van der Waals surface area contributed by atoms with Gasteiger partial charge in [0.15, 0.2) is 11.0 Å². The largest absolute Gasteiger partial charge is 0.496 e. The van der Waals surface area contributed by atoms with Gasteiger partial charge in [0.2, 0.25) is 0 Å². The smallest absolute Gasteiger partial charge is 0.197 e. The highest BCUT2D eigenvalue weighted by Gasteiger charge is 2.20. The molecule has 0 atom stereocenters. The van der Waals surface area contributed by atoms with Crippen molar-refractivity contribution in [2.75, 3.05) is 26.1 Å². The minimum absolute atomic E-state index is 0.155. The van der Waals surface area contributed by atoms with E-state index < -0.39 is 0 Å². The predicted molar refractivity (Wildman–Crippen MR) is 104 cm³/mol. The number of methoxy groups -OCH3 is 2. The number of anilines is 1. The Bertz CT molecular complexity index is 961. The Hall–Kier alpha value is -2.95. The molecule has 0 unspecified atom stereocenters. The molecule has 5 heteroatoms. The van der Waals surface area contributed by atoms with Gasteiger partial charge in [-0.1, -0.05) is 44.2 Å². The second kappa shape index (κ2) is 7.52. The highest BCUT2D eigenvalue weighted by molar-refractivity contribution is 5.97. The summed E-state index contributed by atoms with van der Waals surface area (Å²) in [7, 11) is 3.11. The van der Waals surface area contributed by atoms with E-state index in [1.165, 1.54) is 13.2 Å². The first-order valence-electron chi connectivity index (χ1n) is 8.57. The fourth-order valence-electron chi connectivity index (χ4n) is 2.82. The lowest BCUT2D eigenvalue weighted by molar-refractivity contribution is 0.397. The van der Waals surface area contributed by atoms with Crippen LogP contribution < -0.4 is 20.2 Å². The zero-order chi connectivity index (χ0) is 18.7. The molecule has 0 bridgehead atoms. The number of ether oxygens (including phenoxy) is 2. The van der Waals surface area contributed by atoms with Crippen molar-refractivity contribution >= 4 is 16.7 Å². The minimum Gasteiger partial charge on any atom is -0.496 e. The predicted octanol–water partition coefficient (Wildman–Crippen LogP) is 4.55. The van der Waals surface area contributed by atoms with Gasteiger partial charge in [0, 0.05) is 24.2 Å². The fraction of sp³-hybridized carbons (Fsp3) is 0.286. The molecule has 1 N–H and O–H groups in total. The summed E-state index contributed by atoms with van der Waals surface area (Å²) in [6, 6.07) is 12.8. The molecule has 1 aromatic heterocycles. The molecule has 3 rings (SSSR count). The van der Waals surface area contributed by atoms with Crippen LogP contribution in [0.25, 0.3) is 22.3 Å². The van der Waals surface area contributed by atoms with E-state index in [1.807, 2.05) is 30.3 Å². The Morgan fingerprint density at radius 2 is 1.73 bits per heavy atom. The van der Waals surface area contributed by atoms with Crippen molar-refractivity contribution in [2.24, 2.45) is 5.92 Å². The van der Waals surface area contributed by atoms with Crippen molar-refractivity contribution < 1.29 is 13.9 Å². The zero-order valence-corrected chi connectivity index (χ0v) is 15.5. The van der Waals surface area contributed by atoms with E-state index in [9.17, 15) is 4.79 Å². The lowest BCUT2D eigenvalue weighted by Crippen LogP contribution is -2.11. The summed E-state index contributed by atoms with van der Waals surface area (Å²) in [6.07, 6.45) is 0. The summed E-state index contributed by atoms with van der Waals surface area (Å²) >= 11 is 0. The van der Waals surface area contributed by atoms with Crippen LogP contribution in [0.2, 0.25) is 0 Å². The van der Waals surface area contributed by atoms with Crippen LogP contribution in [0.15, 0.2) is 51.7 Å². The van der Waals surface area contributed by atoms with Gasteiger partial charge in [-0.3, -0.25) is 4.79 Å². The molecule has 5 nitrogen and oxygen atoms in total. The summed E-state index contributed by atoms with van der Waals surface area (Å²) in [5.41, 5.74) is 1.78. The molecular weight excluding hydrogens is 330 g/mol. The second-order valence-electron chi connectivity index (χ2n) is 6.48. The van der Waals surface area contributed by atoms with Crippen LogP contribution in [0.1, 0.15) is 13.8 Å². The van der Waals surface area contributed by atoms with Gasteiger partial charge in [-0.05, 0) is 5.92 Å². The van der Waals surface area contributed by atoms with Crippen molar-refractivity contribution in [3.63, 3.8) is 0 Å². The highest BCUT2D eigenvalue weighted by atomic mass is 16.5. The molecule has 136 valence electrons. The SMILES string of the molecule is COc1cc(OC)c2c(=O)cc(-c3ccccc3)oc2c1NCC(C)C. The van der Waals surface area contributed by atoms with Crippen molar-refractivity contribution in [2.45, 2.75) is 13.8 Å². The van der Waals surface area contributed by atoms with Crippen LogP contribution in [-0.4, -0.2) is 20.8 Å². The maximum absolute atomic E-state index is 12.8. The fourth-order valence-corrected chi connectivity index (χ4v) is 2.82. The zero-order valence-electron chi connectivity index (χ0n) is 15.5. The van der Waals surface area contributed by atoms with Gasteiger partial charge in [0.05, 0.1) is 14.2 Å². The molecule has 0 aliphatic rings. The molecule has 0 radical (unpaired) electrons. The molecule has 0 fully saturated rings. The molecule has 2 aromatic carbocycles. The lowest BCUT2D eigenvalue weighted by atomic mass is 10.1. The average Bonchev–Trinajstić information content (AvgIpc) is 2.65. The number of fused-ring (bicyclic) bond motifs is 1. The van der Waals surface area contributed by atoms with Crippen molar-refractivity contribution in [3.05, 3.63) is 52.7 Å². The van der Waals surface area contributed by atoms with Gasteiger partial charge < -0.3 is 19.2 Å². The van der Waals surface area contributed by atoms with E-state index in [1.54, 1.807) is 13.2 Å². The summed E-state index contributed by atoms with van der Waals surface area (Å²) in [4.78, 5) is 12.8. The summed E-state index contributed by atoms with van der Waals surface area (Å²) < 4.78 is 17.1. The third-order valence-corrected chi connectivity index (χ3v) is 4.11. The Morgan fingerprint density at radius 3 is 2.35 bits per heavy atom. The van der Waals surface area contributed by atoms with Gasteiger partial charge in [-0.2, -0.15) is 0 Å². The first kappa shape index (κ1) is 17.9. The van der Waals surface area contributed by atoms with Crippen molar-refractivity contribution in [1.82, 2.24) is 0 Å². The minimum atomic E-state index is -0.155. The van der Waals surface area contributed by atoms with Crippen LogP contribution in [0.4, 0.5) is 5.69 Å². The summed E-state index contributed by atoms with van der Waals surface area (Å²) in [5.74, 6) is 1.93. The van der Waals surface area contributed by atoms with Gasteiger partial charge in [-0.25, -0.2) is 0 Å². The average molecular weight is 353 g/mol. The summed E-state index contributed by atoms with van der Waals surface area (Å²) in [6.45, 7) is 4.94. The van der Waals surface area contributed by atoms with Crippen LogP contribution in [0, 0.1) is 5.92 Å². The first-order valence-corrected chi connectivity index (χ1v) is 8.57. The lowest BCUT2D eigenvalue weighted by Gasteiger charge is -2.17. The number of hydrogen-bond donors (Lipinski definition) is 1. The molecule has 3 aromatic rings. The van der Waals surface area contributed by atoms with Gasteiger partial charge >= 0.3 is 0 Å². The Morgan fingerprint density at radius 1 is 1.04 bits per heavy atom. The third kappa shape index (κ3) is 3.38. The second-order valence-corrected chi connectivity index (χ2v) is 6.48. The monoisotopic (exact) mass is 353 g/mol. The van der Waals surface area contributed by atoms with Crippen LogP contribution >= 0.6 is 0 Å². The summed E-state index contributed by atoms with van der Waals surface area (Å²) in [5, 5.41) is 3.75. The van der Waals surface area contributed by atoms with Crippen molar-refractivity contribution in [1.29, 1.82) is 0 Å². The quantitative estimate of drug-likeness (QED) is 0.705. The highest BCUT2D eigenvalue weighted by Crippen LogP contribution is 2.39. The molecule has 26 heavy (non-hydrogen) atoms. The third-order valence-electron chi connectivity index (χ3n) is 4.11. The van der Waals surface area contributed by atoms with E-state index in [0.29, 0.717) is 39.8 Å². The first-order chi connectivity index (χ1) is 12.5. The molecule has 1 heterocycles. The van der Waals surface area contributed by atoms with E-state index in [-0.39, 0.29) is 5.43 Å². The molecule has 0 saturated carbocycles. The van der Waals surface area contributed by atoms with E-state index in [0.717, 1.165) is 12.1 Å². The standard InChI is InChI=1S/C21H23NO4/c1-13(2)12-22-20-18(25-4)11-17(24-3)19-15(23)10-16(26-21(19)20)14-8-6-5-7-9-14/h5-11,13,22H,12H2,1-4H3. The van der Waals surface area contributed by atoms with Gasteiger partial charge in [0.1, 0.15) is 28.3 Å². The van der Waals surface area contributed by atoms with Gasteiger partial charge in [0.25, 0.3) is 0 Å². The molecule has 0 aliphatic heterocycles. The number of hydrogen-bond acceptors (Lipinski definition) is 5. The molecule has 0 spiro atoms. The normalized spacial score (nSPS) is 11.0. The van der Waals surface area contributed by atoms with E-state index in [2.05, 4.69) is 19.2 Å². The molecular formula is C21H23NO4. The number of nitrogens with one attached hydrogen (secondary N) is 1. The maximum atomic E-state index is 12.8. The Kier molecular flexibility index (Phi) is 5.16. The maximum Gasteiger partial charge on any atom is 0.197 e. The Balaban J connectivity index is 2.31. The molecule has 0 aliphatic carbocycles. The number of rotatable bonds is 6. The molecule has 0 saturated heterocycles. The topological polar surface area (TPSA) is 60.7 Å². The van der Waals surface area contributed by atoms with Crippen LogP contribution in [0.5, 0.6) is 11.5 Å². The van der Waals surface area contributed by atoms with E-state index in [4.69, 9.17) is 13.9 Å². The Labute approximate surface area is 152 Å². The molecule has 0 amide bonds. The van der Waals surface area contributed by atoms with Crippen molar-refractivity contribution in [3.8, 4) is 22.8 Å². The van der Waals surface area contributed by atoms with Crippen LogP contribution in [-0.2, 0) is 0 Å².